The molecule has 2 aromatic rings. The number of anilines is 1. The van der Waals surface area contributed by atoms with Crippen LogP contribution < -0.4 is 11.1 Å². The summed E-state index contributed by atoms with van der Waals surface area (Å²) in [5.41, 5.74) is 7.91. The van der Waals surface area contributed by atoms with Gasteiger partial charge in [0, 0.05) is 17.6 Å². The van der Waals surface area contributed by atoms with Crippen LogP contribution in [0.25, 0.3) is 11.0 Å². The smallest absolute Gasteiger partial charge is 0.287 e. The fraction of sp³-hybridized carbons (Fsp3) is 0.267. The number of nitrogens with two attached hydrogens (primary N) is 1. The highest BCUT2D eigenvalue weighted by atomic mass is 16.5. The third-order valence-corrected chi connectivity index (χ3v) is 2.64. The average Bonchev–Trinajstić information content (AvgIpc) is 2.80. The number of rotatable bonds is 6. The predicted molar refractivity (Wildman–Crippen MR) is 78.6 cm³/mol. The van der Waals surface area contributed by atoms with E-state index in [1.54, 1.807) is 24.3 Å². The molecular weight excluding hydrogens is 256 g/mol. The minimum atomic E-state index is -0.265. The zero-order chi connectivity index (χ0) is 14.5. The molecule has 106 valence electrons. The number of fused-ring (bicyclic) bond motifs is 1. The van der Waals surface area contributed by atoms with E-state index < -0.39 is 0 Å². The van der Waals surface area contributed by atoms with Gasteiger partial charge in [0.25, 0.3) is 5.91 Å². The molecule has 5 heteroatoms. The molecule has 2 rings (SSSR count). The first-order valence-corrected chi connectivity index (χ1v) is 6.35. The highest BCUT2D eigenvalue weighted by Crippen LogP contribution is 2.21. The lowest BCUT2D eigenvalue weighted by Crippen LogP contribution is -2.27. The Morgan fingerprint density at radius 1 is 1.45 bits per heavy atom. The zero-order valence-corrected chi connectivity index (χ0v) is 11.4. The molecule has 0 atom stereocenters. The van der Waals surface area contributed by atoms with Gasteiger partial charge >= 0.3 is 0 Å². The van der Waals surface area contributed by atoms with Crippen LogP contribution in [0.3, 0.4) is 0 Å². The number of carbonyl (C=O) groups excluding carboxylic acids is 1. The number of nitrogens with one attached hydrogen (secondary N) is 1. The second-order valence-electron chi connectivity index (χ2n) is 4.67. The van der Waals surface area contributed by atoms with Crippen molar-refractivity contribution in [2.45, 2.75) is 6.92 Å². The van der Waals surface area contributed by atoms with Crippen molar-refractivity contribution in [2.75, 3.05) is 25.5 Å². The van der Waals surface area contributed by atoms with Crippen LogP contribution in [-0.4, -0.2) is 25.7 Å². The van der Waals surface area contributed by atoms with E-state index in [0.717, 1.165) is 11.0 Å². The highest BCUT2D eigenvalue weighted by Gasteiger charge is 2.11. The second-order valence-corrected chi connectivity index (χ2v) is 4.67. The molecule has 0 saturated carbocycles. The van der Waals surface area contributed by atoms with E-state index in [-0.39, 0.29) is 11.7 Å². The molecular formula is C15H18N2O3. The summed E-state index contributed by atoms with van der Waals surface area (Å²) in [6, 6.07) is 6.93. The highest BCUT2D eigenvalue weighted by molar-refractivity contribution is 5.96. The lowest BCUT2D eigenvalue weighted by atomic mass is 10.2. The quantitative estimate of drug-likeness (QED) is 0.481. The van der Waals surface area contributed by atoms with Gasteiger partial charge in [0.2, 0.25) is 0 Å². The average molecular weight is 274 g/mol. The van der Waals surface area contributed by atoms with Crippen molar-refractivity contribution >= 4 is 22.6 Å². The Balaban J connectivity index is 1.89. The minimum absolute atomic E-state index is 0.265. The molecule has 3 N–H and O–H groups in total. The number of ether oxygens (including phenoxy) is 1. The Labute approximate surface area is 117 Å². The molecule has 0 radical (unpaired) electrons. The lowest BCUT2D eigenvalue weighted by molar-refractivity contribution is 0.0902. The van der Waals surface area contributed by atoms with E-state index in [9.17, 15) is 4.79 Å². The molecule has 0 spiro atoms. The molecule has 1 aromatic heterocycles. The predicted octanol–water partition coefficient (Wildman–Crippen LogP) is 2.34. The first-order chi connectivity index (χ1) is 9.56. The van der Waals surface area contributed by atoms with Gasteiger partial charge in [-0.1, -0.05) is 12.2 Å². The first kappa shape index (κ1) is 14.1. The number of nitrogen functional groups attached to an aromatic ring is 1. The normalized spacial score (nSPS) is 10.7. The SMILES string of the molecule is C=C(C)COCCNC(=O)c1cc2cc(N)ccc2o1. The summed E-state index contributed by atoms with van der Waals surface area (Å²) in [6.45, 7) is 6.97. The molecule has 1 aromatic carbocycles. The summed E-state index contributed by atoms with van der Waals surface area (Å²) >= 11 is 0. The molecule has 0 aliphatic carbocycles. The standard InChI is InChI=1S/C15H18N2O3/c1-10(2)9-19-6-5-17-15(18)14-8-11-7-12(16)3-4-13(11)20-14/h3-4,7-8H,1,5-6,9,16H2,2H3,(H,17,18). The Morgan fingerprint density at radius 3 is 3.00 bits per heavy atom. The summed E-state index contributed by atoms with van der Waals surface area (Å²) in [7, 11) is 0. The molecule has 20 heavy (non-hydrogen) atoms. The fourth-order valence-corrected chi connectivity index (χ4v) is 1.74. The first-order valence-electron chi connectivity index (χ1n) is 6.35. The maximum atomic E-state index is 11.9. The van der Waals surface area contributed by atoms with E-state index in [4.69, 9.17) is 14.9 Å². The van der Waals surface area contributed by atoms with Crippen LogP contribution in [0.2, 0.25) is 0 Å². The van der Waals surface area contributed by atoms with Crippen molar-refractivity contribution < 1.29 is 13.9 Å². The van der Waals surface area contributed by atoms with Crippen LogP contribution in [0.1, 0.15) is 17.5 Å². The Hall–Kier alpha value is -2.27. The monoisotopic (exact) mass is 274 g/mol. The van der Waals surface area contributed by atoms with E-state index in [1.807, 2.05) is 6.92 Å². The Bertz CT molecular complexity index is 631. The van der Waals surface area contributed by atoms with Crippen molar-refractivity contribution in [3.63, 3.8) is 0 Å². The summed E-state index contributed by atoms with van der Waals surface area (Å²) in [4.78, 5) is 11.9. The van der Waals surface area contributed by atoms with Crippen molar-refractivity contribution in [3.8, 4) is 0 Å². The van der Waals surface area contributed by atoms with Gasteiger partial charge in [0.15, 0.2) is 5.76 Å². The van der Waals surface area contributed by atoms with E-state index in [1.165, 1.54) is 0 Å². The topological polar surface area (TPSA) is 77.5 Å². The summed E-state index contributed by atoms with van der Waals surface area (Å²) in [6.07, 6.45) is 0. The van der Waals surface area contributed by atoms with Gasteiger partial charge in [0.1, 0.15) is 5.58 Å². The number of carbonyl (C=O) groups is 1. The summed E-state index contributed by atoms with van der Waals surface area (Å²) in [5, 5.41) is 3.54. The van der Waals surface area contributed by atoms with Gasteiger partial charge in [-0.05, 0) is 31.2 Å². The third-order valence-electron chi connectivity index (χ3n) is 2.64. The number of hydrogen-bond acceptors (Lipinski definition) is 4. The van der Waals surface area contributed by atoms with Gasteiger partial charge in [-0.15, -0.1) is 0 Å². The molecule has 5 nitrogen and oxygen atoms in total. The maximum Gasteiger partial charge on any atom is 0.287 e. The second kappa shape index (κ2) is 6.25. The molecule has 1 amide bonds. The Kier molecular flexibility index (Phi) is 4.42. The number of furan rings is 1. The van der Waals surface area contributed by atoms with Crippen molar-refractivity contribution in [1.29, 1.82) is 0 Å². The van der Waals surface area contributed by atoms with Gasteiger partial charge in [0.05, 0.1) is 13.2 Å². The number of amides is 1. The van der Waals surface area contributed by atoms with Crippen molar-refractivity contribution in [2.24, 2.45) is 0 Å². The van der Waals surface area contributed by atoms with E-state index in [2.05, 4.69) is 11.9 Å². The molecule has 0 bridgehead atoms. The van der Waals surface area contributed by atoms with Gasteiger partial charge in [-0.2, -0.15) is 0 Å². The molecule has 1 heterocycles. The third kappa shape index (κ3) is 3.61. The van der Waals surface area contributed by atoms with Crippen molar-refractivity contribution in [1.82, 2.24) is 5.32 Å². The maximum absolute atomic E-state index is 11.9. The van der Waals surface area contributed by atoms with Crippen LogP contribution in [-0.2, 0) is 4.74 Å². The summed E-state index contributed by atoms with van der Waals surface area (Å²) in [5.74, 6) is 0.00389. The van der Waals surface area contributed by atoms with Crippen LogP contribution >= 0.6 is 0 Å². The van der Waals surface area contributed by atoms with Crippen LogP contribution in [0.4, 0.5) is 5.69 Å². The molecule has 0 saturated heterocycles. The van der Waals surface area contributed by atoms with Crippen molar-refractivity contribution in [3.05, 3.63) is 42.2 Å². The van der Waals surface area contributed by atoms with Gasteiger partial charge < -0.3 is 20.2 Å². The lowest BCUT2D eigenvalue weighted by Gasteiger charge is -2.04. The van der Waals surface area contributed by atoms with Crippen LogP contribution in [0, 0.1) is 0 Å². The molecule has 0 aliphatic heterocycles. The fourth-order valence-electron chi connectivity index (χ4n) is 1.74. The van der Waals surface area contributed by atoms with Crippen LogP contribution in [0.15, 0.2) is 40.8 Å². The Morgan fingerprint density at radius 2 is 2.25 bits per heavy atom. The number of benzene rings is 1. The largest absolute Gasteiger partial charge is 0.451 e. The number of hydrogen-bond donors (Lipinski definition) is 2. The van der Waals surface area contributed by atoms with Gasteiger partial charge in [-0.3, -0.25) is 4.79 Å². The van der Waals surface area contributed by atoms with Crippen LogP contribution in [0.5, 0.6) is 0 Å². The molecule has 0 fully saturated rings. The molecule has 0 aliphatic rings. The van der Waals surface area contributed by atoms with Gasteiger partial charge in [-0.25, -0.2) is 0 Å². The molecule has 0 unspecified atom stereocenters. The van der Waals surface area contributed by atoms with E-state index >= 15 is 0 Å². The summed E-state index contributed by atoms with van der Waals surface area (Å²) < 4.78 is 10.8. The minimum Gasteiger partial charge on any atom is -0.451 e. The van der Waals surface area contributed by atoms with E-state index in [0.29, 0.717) is 31.0 Å². The zero-order valence-electron chi connectivity index (χ0n) is 11.4.